The number of fused-ring (bicyclic) bond motifs is 1. The van der Waals surface area contributed by atoms with Crippen molar-refractivity contribution in [2.75, 3.05) is 0 Å². The zero-order valence-corrected chi connectivity index (χ0v) is 24.4. The monoisotopic (exact) mass is 652 g/mol. The van der Waals surface area contributed by atoms with Gasteiger partial charge in [0.2, 0.25) is 5.75 Å². The number of aryl methyl sites for hydroxylation is 1. The molecule has 1 aromatic heterocycles. The molecule has 0 spiro atoms. The molecule has 0 amide bonds. The standard InChI is InChI=1S/C29H26Br2N4O4/c1-18-6-5-7-19(12-18)17-39-27-21(13-23(31)15-26(27)35(37)38)16-32-34-28(20-8-3-2-4-9-20)33-25-11-10-22(30)14-24(25)29(34)36/h5-7,10-16,20H,2-4,8-9,17H2,1H3. The smallest absolute Gasteiger partial charge is 0.312 e. The van der Waals surface area contributed by atoms with E-state index in [2.05, 4.69) is 37.0 Å². The summed E-state index contributed by atoms with van der Waals surface area (Å²) in [5, 5.41) is 17.0. The molecule has 10 heteroatoms. The molecule has 8 nitrogen and oxygen atoms in total. The fourth-order valence-corrected chi connectivity index (χ4v) is 5.79. The Morgan fingerprint density at radius 1 is 1.10 bits per heavy atom. The van der Waals surface area contributed by atoms with Crippen LogP contribution in [0, 0.1) is 17.0 Å². The highest BCUT2D eigenvalue weighted by Gasteiger charge is 2.24. The van der Waals surface area contributed by atoms with Crippen LogP contribution in [0.4, 0.5) is 5.69 Å². The van der Waals surface area contributed by atoms with Crippen molar-refractivity contribution in [3.05, 3.63) is 107 Å². The lowest BCUT2D eigenvalue weighted by Gasteiger charge is -2.22. The number of ether oxygens (including phenoxy) is 1. The molecule has 4 aromatic rings. The van der Waals surface area contributed by atoms with Crippen LogP contribution in [0.2, 0.25) is 0 Å². The Morgan fingerprint density at radius 2 is 1.90 bits per heavy atom. The summed E-state index contributed by atoms with van der Waals surface area (Å²) in [6.07, 6.45) is 6.60. The van der Waals surface area contributed by atoms with E-state index in [0.29, 0.717) is 26.8 Å². The van der Waals surface area contributed by atoms with Crippen LogP contribution < -0.4 is 10.3 Å². The van der Waals surface area contributed by atoms with Gasteiger partial charge in [-0.3, -0.25) is 14.9 Å². The van der Waals surface area contributed by atoms with E-state index in [-0.39, 0.29) is 29.5 Å². The van der Waals surface area contributed by atoms with E-state index in [1.165, 1.54) is 17.0 Å². The Morgan fingerprint density at radius 3 is 2.64 bits per heavy atom. The Labute approximate surface area is 242 Å². The fourth-order valence-electron chi connectivity index (χ4n) is 4.97. The van der Waals surface area contributed by atoms with Gasteiger partial charge in [0.25, 0.3) is 5.56 Å². The van der Waals surface area contributed by atoms with Crippen LogP contribution in [-0.2, 0) is 6.61 Å². The van der Waals surface area contributed by atoms with Crippen molar-refractivity contribution in [2.45, 2.75) is 51.6 Å². The van der Waals surface area contributed by atoms with Gasteiger partial charge in [-0.1, -0.05) is 81.0 Å². The van der Waals surface area contributed by atoms with Crippen molar-refractivity contribution < 1.29 is 9.66 Å². The number of rotatable bonds is 7. The summed E-state index contributed by atoms with van der Waals surface area (Å²) in [7, 11) is 0. The molecule has 3 aromatic carbocycles. The lowest BCUT2D eigenvalue weighted by Crippen LogP contribution is -2.25. The Balaban J connectivity index is 1.61. The minimum absolute atomic E-state index is 0.0808. The molecule has 0 N–H and O–H groups in total. The van der Waals surface area contributed by atoms with E-state index in [0.717, 1.165) is 47.7 Å². The number of nitro benzene ring substituents is 1. The summed E-state index contributed by atoms with van der Waals surface area (Å²) >= 11 is 6.81. The minimum Gasteiger partial charge on any atom is -0.481 e. The van der Waals surface area contributed by atoms with Crippen LogP contribution in [0.25, 0.3) is 10.9 Å². The molecule has 0 aliphatic heterocycles. The highest BCUT2D eigenvalue weighted by molar-refractivity contribution is 9.10. The molecule has 0 bridgehead atoms. The molecule has 0 unspecified atom stereocenters. The van der Waals surface area contributed by atoms with Crippen LogP contribution in [0.3, 0.4) is 0 Å². The lowest BCUT2D eigenvalue weighted by molar-refractivity contribution is -0.386. The zero-order valence-electron chi connectivity index (χ0n) is 21.3. The first-order chi connectivity index (χ1) is 18.8. The van der Waals surface area contributed by atoms with Crippen molar-refractivity contribution in [1.29, 1.82) is 0 Å². The number of halogens is 2. The van der Waals surface area contributed by atoms with Crippen molar-refractivity contribution in [2.24, 2.45) is 5.10 Å². The van der Waals surface area contributed by atoms with Crippen LogP contribution >= 0.6 is 31.9 Å². The third-order valence-corrected chi connectivity index (χ3v) is 7.79. The summed E-state index contributed by atoms with van der Waals surface area (Å²) in [6, 6.07) is 16.3. The Hall–Kier alpha value is -3.37. The first kappa shape index (κ1) is 27.2. The molecule has 39 heavy (non-hydrogen) atoms. The normalized spacial score (nSPS) is 14.2. The zero-order chi connectivity index (χ0) is 27.5. The maximum atomic E-state index is 13.7. The molecule has 1 aliphatic carbocycles. The van der Waals surface area contributed by atoms with E-state index in [4.69, 9.17) is 9.72 Å². The number of hydrogen-bond acceptors (Lipinski definition) is 6. The van der Waals surface area contributed by atoms with Crippen molar-refractivity contribution in [1.82, 2.24) is 9.66 Å². The Kier molecular flexibility index (Phi) is 8.23. The molecule has 1 saturated carbocycles. The van der Waals surface area contributed by atoms with E-state index in [1.807, 2.05) is 43.3 Å². The molecule has 0 atom stereocenters. The van der Waals surface area contributed by atoms with Gasteiger partial charge in [-0.2, -0.15) is 9.78 Å². The summed E-state index contributed by atoms with van der Waals surface area (Å²) in [4.78, 5) is 30.0. The number of hydrogen-bond donors (Lipinski definition) is 0. The predicted molar refractivity (Wildman–Crippen MR) is 159 cm³/mol. The van der Waals surface area contributed by atoms with E-state index >= 15 is 0 Å². The Bertz CT molecular complexity index is 1640. The number of aromatic nitrogens is 2. The molecule has 200 valence electrons. The number of benzene rings is 3. The van der Waals surface area contributed by atoms with Crippen LogP contribution in [0.5, 0.6) is 5.75 Å². The second kappa shape index (κ2) is 11.8. The van der Waals surface area contributed by atoms with Gasteiger partial charge >= 0.3 is 5.69 Å². The summed E-state index contributed by atoms with van der Waals surface area (Å²) in [6.45, 7) is 2.12. The third-order valence-electron chi connectivity index (χ3n) is 6.84. The lowest BCUT2D eigenvalue weighted by atomic mass is 9.88. The van der Waals surface area contributed by atoms with Gasteiger partial charge in [-0.25, -0.2) is 4.98 Å². The minimum atomic E-state index is -0.484. The fraction of sp³-hybridized carbons (Fsp3) is 0.276. The van der Waals surface area contributed by atoms with Gasteiger partial charge in [0.05, 0.1) is 22.0 Å². The predicted octanol–water partition coefficient (Wildman–Crippen LogP) is 7.65. The van der Waals surface area contributed by atoms with Crippen LogP contribution in [0.1, 0.15) is 60.5 Å². The van der Waals surface area contributed by atoms with E-state index < -0.39 is 4.92 Å². The second-order valence-electron chi connectivity index (χ2n) is 9.71. The summed E-state index contributed by atoms with van der Waals surface area (Å²) in [5.74, 6) is 0.792. The molecule has 5 rings (SSSR count). The quantitative estimate of drug-likeness (QED) is 0.116. The molecular formula is C29H26Br2N4O4. The molecular weight excluding hydrogens is 628 g/mol. The van der Waals surface area contributed by atoms with Crippen LogP contribution in [0.15, 0.2) is 73.4 Å². The van der Waals surface area contributed by atoms with Crippen molar-refractivity contribution in [3.8, 4) is 5.75 Å². The largest absolute Gasteiger partial charge is 0.481 e. The third kappa shape index (κ3) is 6.12. The average molecular weight is 654 g/mol. The topological polar surface area (TPSA) is 99.6 Å². The van der Waals surface area contributed by atoms with Crippen molar-refractivity contribution >= 4 is 54.7 Å². The highest BCUT2D eigenvalue weighted by Crippen LogP contribution is 2.35. The van der Waals surface area contributed by atoms with Gasteiger partial charge in [0.1, 0.15) is 12.4 Å². The SMILES string of the molecule is Cc1cccc(COc2c(C=Nn3c(C4CCCCC4)nc4ccc(Br)cc4c3=O)cc(Br)cc2[N+](=O)[O-])c1. The molecule has 0 radical (unpaired) electrons. The van der Waals surface area contributed by atoms with Crippen molar-refractivity contribution in [3.63, 3.8) is 0 Å². The summed E-state index contributed by atoms with van der Waals surface area (Å²) < 4.78 is 8.63. The average Bonchev–Trinajstić information content (AvgIpc) is 2.92. The van der Waals surface area contributed by atoms with E-state index in [1.54, 1.807) is 12.1 Å². The van der Waals surface area contributed by atoms with Gasteiger partial charge in [-0.05, 0) is 49.6 Å². The molecule has 1 heterocycles. The maximum Gasteiger partial charge on any atom is 0.312 e. The second-order valence-corrected chi connectivity index (χ2v) is 11.5. The number of nitrogens with zero attached hydrogens (tertiary/aromatic N) is 4. The van der Waals surface area contributed by atoms with Gasteiger partial charge in [0.15, 0.2) is 0 Å². The first-order valence-electron chi connectivity index (χ1n) is 12.7. The van der Waals surface area contributed by atoms with Gasteiger partial charge in [0, 0.05) is 26.5 Å². The molecule has 1 fully saturated rings. The number of nitro groups is 1. The maximum absolute atomic E-state index is 13.7. The van der Waals surface area contributed by atoms with Gasteiger partial charge in [-0.15, -0.1) is 0 Å². The molecule has 1 aliphatic rings. The van der Waals surface area contributed by atoms with Crippen LogP contribution in [-0.4, -0.2) is 20.8 Å². The van der Waals surface area contributed by atoms with Gasteiger partial charge < -0.3 is 4.74 Å². The molecule has 0 saturated heterocycles. The highest BCUT2D eigenvalue weighted by atomic mass is 79.9. The first-order valence-corrected chi connectivity index (χ1v) is 14.3. The summed E-state index contributed by atoms with van der Waals surface area (Å²) in [5.41, 5.74) is 2.46. The van der Waals surface area contributed by atoms with E-state index in [9.17, 15) is 14.9 Å².